The highest BCUT2D eigenvalue weighted by Crippen LogP contribution is 2.24. The van der Waals surface area contributed by atoms with E-state index in [1.54, 1.807) is 23.6 Å². The summed E-state index contributed by atoms with van der Waals surface area (Å²) < 4.78 is 5.07. The standard InChI is InChI=1S/C12H9NO4S/c14-5-11-13-10(7-18-11)8-2-1-3-9(4-8)17-6-12(15)16/h1-5,7H,6H2,(H,15,16). The molecule has 0 saturated carbocycles. The van der Waals surface area contributed by atoms with E-state index in [1.807, 2.05) is 6.07 Å². The number of carbonyl (C=O) groups is 2. The fraction of sp³-hybridized carbons (Fsp3) is 0.0833. The number of carboxylic acids is 1. The van der Waals surface area contributed by atoms with E-state index in [9.17, 15) is 9.59 Å². The van der Waals surface area contributed by atoms with Gasteiger partial charge in [-0.3, -0.25) is 4.79 Å². The summed E-state index contributed by atoms with van der Waals surface area (Å²) in [6, 6.07) is 6.91. The van der Waals surface area contributed by atoms with E-state index in [0.29, 0.717) is 22.7 Å². The Morgan fingerprint density at radius 2 is 2.33 bits per heavy atom. The number of aromatic nitrogens is 1. The molecule has 1 aromatic heterocycles. The second-order valence-corrected chi connectivity index (χ2v) is 4.29. The van der Waals surface area contributed by atoms with Crippen LogP contribution >= 0.6 is 11.3 Å². The fourth-order valence-electron chi connectivity index (χ4n) is 1.36. The van der Waals surface area contributed by atoms with Crippen LogP contribution in [0.5, 0.6) is 5.75 Å². The Kier molecular flexibility index (Phi) is 3.69. The first-order valence-electron chi connectivity index (χ1n) is 5.05. The molecule has 0 aliphatic rings. The largest absolute Gasteiger partial charge is 0.482 e. The van der Waals surface area contributed by atoms with Crippen molar-refractivity contribution < 1.29 is 19.4 Å². The van der Waals surface area contributed by atoms with Crippen molar-refractivity contribution in [3.63, 3.8) is 0 Å². The summed E-state index contributed by atoms with van der Waals surface area (Å²) >= 11 is 1.25. The summed E-state index contributed by atoms with van der Waals surface area (Å²) in [5.74, 6) is -0.576. The van der Waals surface area contributed by atoms with E-state index in [4.69, 9.17) is 9.84 Å². The lowest BCUT2D eigenvalue weighted by Crippen LogP contribution is -2.09. The number of rotatable bonds is 5. The van der Waals surface area contributed by atoms with Crippen molar-refractivity contribution >= 4 is 23.6 Å². The van der Waals surface area contributed by atoms with Gasteiger partial charge in [0.15, 0.2) is 17.9 Å². The molecule has 0 spiro atoms. The van der Waals surface area contributed by atoms with Crippen molar-refractivity contribution in [2.75, 3.05) is 6.61 Å². The van der Waals surface area contributed by atoms with Crippen molar-refractivity contribution in [1.82, 2.24) is 4.98 Å². The number of aldehydes is 1. The molecule has 0 saturated heterocycles. The molecule has 0 fully saturated rings. The van der Waals surface area contributed by atoms with E-state index in [-0.39, 0.29) is 6.61 Å². The molecule has 2 aromatic rings. The highest BCUT2D eigenvalue weighted by molar-refractivity contribution is 7.11. The van der Waals surface area contributed by atoms with Crippen LogP contribution in [0, 0.1) is 0 Å². The minimum absolute atomic E-state index is 0.389. The molecule has 1 heterocycles. The highest BCUT2D eigenvalue weighted by Gasteiger charge is 2.06. The SMILES string of the molecule is O=Cc1nc(-c2cccc(OCC(=O)O)c2)cs1. The predicted octanol–water partition coefficient (Wildman–Crippen LogP) is 2.09. The third kappa shape index (κ3) is 2.92. The molecule has 0 bridgehead atoms. The number of carboxylic acid groups (broad SMARTS) is 1. The molecule has 5 nitrogen and oxygen atoms in total. The quantitative estimate of drug-likeness (QED) is 0.836. The van der Waals surface area contributed by atoms with Gasteiger partial charge < -0.3 is 9.84 Å². The molecule has 0 atom stereocenters. The zero-order valence-corrected chi connectivity index (χ0v) is 10.0. The van der Waals surface area contributed by atoms with Gasteiger partial charge in [-0.25, -0.2) is 9.78 Å². The monoisotopic (exact) mass is 263 g/mol. The third-order valence-electron chi connectivity index (χ3n) is 2.11. The predicted molar refractivity (Wildman–Crippen MR) is 66.1 cm³/mol. The summed E-state index contributed by atoms with van der Waals surface area (Å²) in [4.78, 5) is 25.1. The lowest BCUT2D eigenvalue weighted by atomic mass is 10.2. The van der Waals surface area contributed by atoms with Gasteiger partial charge in [0.1, 0.15) is 5.75 Å². The van der Waals surface area contributed by atoms with Crippen LogP contribution in [0.1, 0.15) is 9.80 Å². The smallest absolute Gasteiger partial charge is 0.341 e. The maximum atomic E-state index is 10.6. The Morgan fingerprint density at radius 3 is 3.00 bits per heavy atom. The zero-order chi connectivity index (χ0) is 13.0. The second-order valence-electron chi connectivity index (χ2n) is 3.40. The lowest BCUT2D eigenvalue weighted by Gasteiger charge is -2.04. The normalized spacial score (nSPS) is 10.0. The number of thiazole rings is 1. The second kappa shape index (κ2) is 5.42. The molecule has 18 heavy (non-hydrogen) atoms. The zero-order valence-electron chi connectivity index (χ0n) is 9.20. The van der Waals surface area contributed by atoms with E-state index in [0.717, 1.165) is 5.56 Å². The molecule has 1 aromatic carbocycles. The maximum absolute atomic E-state index is 10.6. The molecule has 0 aliphatic heterocycles. The van der Waals surface area contributed by atoms with Crippen LogP contribution in [0.25, 0.3) is 11.3 Å². The van der Waals surface area contributed by atoms with Crippen LogP contribution in [0.2, 0.25) is 0 Å². The van der Waals surface area contributed by atoms with Gasteiger partial charge >= 0.3 is 5.97 Å². The van der Waals surface area contributed by atoms with Crippen molar-refractivity contribution in [1.29, 1.82) is 0 Å². The summed E-state index contributed by atoms with van der Waals surface area (Å²) in [7, 11) is 0. The maximum Gasteiger partial charge on any atom is 0.341 e. The van der Waals surface area contributed by atoms with Gasteiger partial charge in [0.05, 0.1) is 5.69 Å². The van der Waals surface area contributed by atoms with E-state index in [1.165, 1.54) is 11.3 Å². The Labute approximate surface area is 107 Å². The highest BCUT2D eigenvalue weighted by atomic mass is 32.1. The number of hydrogen-bond donors (Lipinski definition) is 1. The van der Waals surface area contributed by atoms with Gasteiger partial charge in [-0.1, -0.05) is 12.1 Å². The van der Waals surface area contributed by atoms with Gasteiger partial charge in [-0.05, 0) is 12.1 Å². The first-order chi connectivity index (χ1) is 8.69. The third-order valence-corrected chi connectivity index (χ3v) is 2.88. The van der Waals surface area contributed by atoms with Gasteiger partial charge in [0.2, 0.25) is 0 Å². The number of nitrogens with zero attached hydrogens (tertiary/aromatic N) is 1. The molecular weight excluding hydrogens is 254 g/mol. The summed E-state index contributed by atoms with van der Waals surface area (Å²) in [5.41, 5.74) is 1.45. The topological polar surface area (TPSA) is 76.5 Å². The number of aliphatic carboxylic acids is 1. The van der Waals surface area contributed by atoms with Crippen LogP contribution in [0.4, 0.5) is 0 Å². The van der Waals surface area contributed by atoms with E-state index >= 15 is 0 Å². The Morgan fingerprint density at radius 1 is 1.50 bits per heavy atom. The van der Waals surface area contributed by atoms with Gasteiger partial charge in [0, 0.05) is 10.9 Å². The first-order valence-corrected chi connectivity index (χ1v) is 5.93. The summed E-state index contributed by atoms with van der Waals surface area (Å²) in [5, 5.41) is 10.7. The van der Waals surface area contributed by atoms with Gasteiger partial charge in [0.25, 0.3) is 0 Å². The minimum atomic E-state index is -1.03. The van der Waals surface area contributed by atoms with Crippen molar-refractivity contribution in [3.8, 4) is 17.0 Å². The number of ether oxygens (including phenoxy) is 1. The van der Waals surface area contributed by atoms with E-state index in [2.05, 4.69) is 4.98 Å². The number of carbonyl (C=O) groups excluding carboxylic acids is 1. The summed E-state index contributed by atoms with van der Waals surface area (Å²) in [6.45, 7) is -0.389. The molecular formula is C12H9NO4S. The molecule has 6 heteroatoms. The minimum Gasteiger partial charge on any atom is -0.482 e. The van der Waals surface area contributed by atoms with Gasteiger partial charge in [-0.15, -0.1) is 11.3 Å². The number of benzene rings is 1. The van der Waals surface area contributed by atoms with Crippen LogP contribution in [-0.2, 0) is 4.79 Å². The van der Waals surface area contributed by atoms with Crippen molar-refractivity contribution in [2.45, 2.75) is 0 Å². The molecule has 0 aliphatic carbocycles. The lowest BCUT2D eigenvalue weighted by molar-refractivity contribution is -0.139. The van der Waals surface area contributed by atoms with Crippen LogP contribution in [0.3, 0.4) is 0 Å². The average Bonchev–Trinajstić information content (AvgIpc) is 2.85. The Balaban J connectivity index is 2.20. The van der Waals surface area contributed by atoms with Crippen LogP contribution in [-0.4, -0.2) is 29.0 Å². The first kappa shape index (κ1) is 12.3. The Hall–Kier alpha value is -2.21. The average molecular weight is 263 g/mol. The van der Waals surface area contributed by atoms with Crippen molar-refractivity contribution in [2.24, 2.45) is 0 Å². The van der Waals surface area contributed by atoms with Crippen LogP contribution < -0.4 is 4.74 Å². The van der Waals surface area contributed by atoms with Crippen LogP contribution in [0.15, 0.2) is 29.6 Å². The molecule has 92 valence electrons. The molecule has 2 rings (SSSR count). The molecule has 0 amide bonds. The van der Waals surface area contributed by atoms with Crippen molar-refractivity contribution in [3.05, 3.63) is 34.7 Å². The Bertz CT molecular complexity index is 579. The molecule has 0 unspecified atom stereocenters. The molecule has 0 radical (unpaired) electrons. The van der Waals surface area contributed by atoms with Gasteiger partial charge in [-0.2, -0.15) is 0 Å². The number of hydrogen-bond acceptors (Lipinski definition) is 5. The molecule has 1 N–H and O–H groups in total. The van der Waals surface area contributed by atoms with E-state index < -0.39 is 5.97 Å². The summed E-state index contributed by atoms with van der Waals surface area (Å²) in [6.07, 6.45) is 0.693. The fourth-order valence-corrected chi connectivity index (χ4v) is 1.99.